The molecule has 2 rings (SSSR count). The number of phenolic OH excluding ortho intramolecular Hbond substituents is 1. The van der Waals surface area contributed by atoms with E-state index >= 15 is 0 Å². The number of nitro groups is 1. The van der Waals surface area contributed by atoms with Crippen molar-refractivity contribution in [2.75, 3.05) is 13.1 Å². The van der Waals surface area contributed by atoms with Gasteiger partial charge in [0.15, 0.2) is 5.75 Å². The Hall–Kier alpha value is -4.46. The van der Waals surface area contributed by atoms with Gasteiger partial charge in [0.1, 0.15) is 24.1 Å². The summed E-state index contributed by atoms with van der Waals surface area (Å²) in [6, 6.07) is 9.21. The van der Waals surface area contributed by atoms with Gasteiger partial charge in [-0.25, -0.2) is 9.18 Å². The van der Waals surface area contributed by atoms with Crippen LogP contribution in [0.4, 0.5) is 14.9 Å². The minimum absolute atomic E-state index is 0.0477. The summed E-state index contributed by atoms with van der Waals surface area (Å²) < 4.78 is 23.3. The summed E-state index contributed by atoms with van der Waals surface area (Å²) >= 11 is 0. The largest absolute Gasteiger partial charge is 0.514 e. The number of ether oxygens (including phenoxy) is 2. The molecule has 172 valence electrons. The van der Waals surface area contributed by atoms with E-state index in [1.54, 1.807) is 19.9 Å². The molecule has 0 radical (unpaired) electrons. The van der Waals surface area contributed by atoms with Crippen molar-refractivity contribution >= 4 is 23.8 Å². The van der Waals surface area contributed by atoms with Crippen molar-refractivity contribution in [1.82, 2.24) is 4.90 Å². The molecule has 1 amide bonds. The predicted octanol–water partition coefficient (Wildman–Crippen LogP) is 3.93. The molecule has 0 heterocycles. The molecule has 0 saturated heterocycles. The van der Waals surface area contributed by atoms with Gasteiger partial charge < -0.3 is 19.5 Å². The van der Waals surface area contributed by atoms with Crippen LogP contribution in [0.15, 0.2) is 42.0 Å². The first-order valence-corrected chi connectivity index (χ1v) is 9.72. The van der Waals surface area contributed by atoms with Crippen molar-refractivity contribution in [3.8, 4) is 17.6 Å². The Labute approximate surface area is 188 Å². The molecule has 1 N–H and O–H groups in total. The summed E-state index contributed by atoms with van der Waals surface area (Å²) in [6.07, 6.45) is -0.284. The van der Waals surface area contributed by atoms with Gasteiger partial charge >= 0.3 is 11.8 Å². The van der Waals surface area contributed by atoms with Crippen LogP contribution in [0.2, 0.25) is 0 Å². The summed E-state index contributed by atoms with van der Waals surface area (Å²) in [6.45, 7) is 3.64. The van der Waals surface area contributed by atoms with Crippen LogP contribution in [0, 0.1) is 27.3 Å². The lowest BCUT2D eigenvalue weighted by molar-refractivity contribution is -0.385. The van der Waals surface area contributed by atoms with E-state index in [0.29, 0.717) is 13.1 Å². The number of nitro benzene ring substituents is 1. The lowest BCUT2D eigenvalue weighted by Crippen LogP contribution is -2.31. The number of hydrogen-bond donors (Lipinski definition) is 1. The van der Waals surface area contributed by atoms with Crippen molar-refractivity contribution in [2.45, 2.75) is 20.5 Å². The van der Waals surface area contributed by atoms with Gasteiger partial charge in [-0.3, -0.25) is 14.9 Å². The van der Waals surface area contributed by atoms with Crippen LogP contribution in [-0.4, -0.2) is 40.1 Å². The Morgan fingerprint density at radius 1 is 1.27 bits per heavy atom. The predicted molar refractivity (Wildman–Crippen MR) is 113 cm³/mol. The number of rotatable bonds is 8. The number of halogens is 1. The first kappa shape index (κ1) is 24.8. The summed E-state index contributed by atoms with van der Waals surface area (Å²) in [4.78, 5) is 36.2. The monoisotopic (exact) mass is 457 g/mol. The number of amides is 1. The van der Waals surface area contributed by atoms with Gasteiger partial charge in [-0.05, 0) is 37.6 Å². The van der Waals surface area contributed by atoms with Gasteiger partial charge in [0.05, 0.1) is 4.92 Å². The van der Waals surface area contributed by atoms with Crippen LogP contribution < -0.4 is 4.74 Å². The third-order valence-corrected chi connectivity index (χ3v) is 4.48. The molecule has 0 fully saturated rings. The summed E-state index contributed by atoms with van der Waals surface area (Å²) in [5.74, 6) is -2.81. The number of nitrogens with zero attached hydrogens (tertiary/aromatic N) is 3. The van der Waals surface area contributed by atoms with E-state index < -0.39 is 46.6 Å². The molecule has 0 bridgehead atoms. The molecule has 2 aromatic rings. The summed E-state index contributed by atoms with van der Waals surface area (Å²) in [7, 11) is 0. The Kier molecular flexibility index (Phi) is 8.45. The first-order valence-electron chi connectivity index (χ1n) is 9.72. The number of phenols is 1. The van der Waals surface area contributed by atoms with Crippen molar-refractivity contribution in [3.63, 3.8) is 0 Å². The van der Waals surface area contributed by atoms with E-state index in [4.69, 9.17) is 9.47 Å². The second-order valence-electron chi connectivity index (χ2n) is 6.52. The highest BCUT2D eigenvalue weighted by molar-refractivity contribution is 6.01. The fourth-order valence-electron chi connectivity index (χ4n) is 2.78. The first-order chi connectivity index (χ1) is 15.7. The maximum Gasteiger partial charge on any atom is 0.514 e. The minimum atomic E-state index is -1.36. The Bertz CT molecular complexity index is 1140. The van der Waals surface area contributed by atoms with E-state index in [0.717, 1.165) is 18.2 Å². The number of nitriles is 1. The fraction of sp³-hybridized carbons (Fsp3) is 0.227. The van der Waals surface area contributed by atoms with Crippen molar-refractivity contribution in [3.05, 3.63) is 69.0 Å². The van der Waals surface area contributed by atoms with Gasteiger partial charge in [0, 0.05) is 24.7 Å². The number of benzene rings is 2. The van der Waals surface area contributed by atoms with Crippen LogP contribution in [0.25, 0.3) is 6.08 Å². The van der Waals surface area contributed by atoms with Crippen LogP contribution >= 0.6 is 0 Å². The fourth-order valence-corrected chi connectivity index (χ4v) is 2.78. The zero-order valence-corrected chi connectivity index (χ0v) is 17.8. The van der Waals surface area contributed by atoms with E-state index in [1.165, 1.54) is 29.2 Å². The second-order valence-corrected chi connectivity index (χ2v) is 6.52. The van der Waals surface area contributed by atoms with Crippen LogP contribution in [-0.2, 0) is 16.1 Å². The smallest absolute Gasteiger partial charge is 0.499 e. The highest BCUT2D eigenvalue weighted by atomic mass is 19.1. The quantitative estimate of drug-likeness (QED) is 0.157. The third kappa shape index (κ3) is 6.27. The number of likely N-dealkylation sites (N-methyl/N-ethyl adjacent to an activating group) is 1. The SMILES string of the molecule is CCN(CC)C(=O)/C(C#N)=C/c1cc(OC(=O)OCc2ccccc2F)c(O)c([N+](=O)[O-])c1. The Balaban J connectivity index is 2.34. The number of hydrogen-bond acceptors (Lipinski definition) is 8. The van der Waals surface area contributed by atoms with Crippen LogP contribution in [0.3, 0.4) is 0 Å². The van der Waals surface area contributed by atoms with Gasteiger partial charge in [0.2, 0.25) is 5.75 Å². The maximum atomic E-state index is 13.6. The Morgan fingerprint density at radius 3 is 2.52 bits per heavy atom. The molecule has 0 unspecified atom stereocenters. The van der Waals surface area contributed by atoms with Crippen molar-refractivity contribution in [2.24, 2.45) is 0 Å². The zero-order chi connectivity index (χ0) is 24.5. The highest BCUT2D eigenvalue weighted by Crippen LogP contribution is 2.38. The van der Waals surface area contributed by atoms with Gasteiger partial charge in [-0.15, -0.1) is 0 Å². The van der Waals surface area contributed by atoms with Gasteiger partial charge in [0.25, 0.3) is 5.91 Å². The molecule has 0 aliphatic rings. The lowest BCUT2D eigenvalue weighted by Gasteiger charge is -2.17. The summed E-state index contributed by atoms with van der Waals surface area (Å²) in [5, 5.41) is 30.8. The normalized spacial score (nSPS) is 10.8. The topological polar surface area (TPSA) is 143 Å². The molecule has 0 saturated carbocycles. The molecule has 0 spiro atoms. The molecule has 0 aromatic heterocycles. The molecule has 33 heavy (non-hydrogen) atoms. The van der Waals surface area contributed by atoms with Gasteiger partial charge in [-0.2, -0.15) is 5.26 Å². The van der Waals surface area contributed by atoms with E-state index in [2.05, 4.69) is 0 Å². The van der Waals surface area contributed by atoms with E-state index in [9.17, 15) is 34.5 Å². The lowest BCUT2D eigenvalue weighted by atomic mass is 10.1. The van der Waals surface area contributed by atoms with Gasteiger partial charge in [-0.1, -0.05) is 18.2 Å². The minimum Gasteiger partial charge on any atom is -0.499 e. The number of aromatic hydroxyl groups is 1. The maximum absolute atomic E-state index is 13.6. The molecule has 0 atom stereocenters. The average molecular weight is 457 g/mol. The van der Waals surface area contributed by atoms with E-state index in [-0.39, 0.29) is 16.7 Å². The highest BCUT2D eigenvalue weighted by Gasteiger charge is 2.23. The average Bonchev–Trinajstić information content (AvgIpc) is 2.79. The zero-order valence-electron chi connectivity index (χ0n) is 17.8. The van der Waals surface area contributed by atoms with Crippen LogP contribution in [0.5, 0.6) is 11.5 Å². The number of carbonyl (C=O) groups is 2. The molecular formula is C22H20FN3O7. The van der Waals surface area contributed by atoms with Crippen molar-refractivity contribution in [1.29, 1.82) is 5.26 Å². The molecule has 11 heteroatoms. The molecule has 0 aliphatic carbocycles. The Morgan fingerprint density at radius 2 is 1.94 bits per heavy atom. The number of carbonyl (C=O) groups excluding carboxylic acids is 2. The summed E-state index contributed by atoms with van der Waals surface area (Å²) in [5.41, 5.74) is -1.12. The molecular weight excluding hydrogens is 437 g/mol. The van der Waals surface area contributed by atoms with Crippen LogP contribution in [0.1, 0.15) is 25.0 Å². The standard InChI is InChI=1S/C22H20FN3O7/c1-3-25(4-2)21(28)16(12-24)9-14-10-18(26(30)31)20(27)19(11-14)33-22(29)32-13-15-7-5-6-8-17(15)23/h5-11,27H,3-4,13H2,1-2H3/b16-9+. The second kappa shape index (κ2) is 11.2. The molecule has 10 nitrogen and oxygen atoms in total. The third-order valence-electron chi connectivity index (χ3n) is 4.48. The van der Waals surface area contributed by atoms with E-state index in [1.807, 2.05) is 0 Å². The molecule has 0 aliphatic heterocycles. The van der Waals surface area contributed by atoms with Crippen molar-refractivity contribution < 1.29 is 33.5 Å². The molecule has 2 aromatic carbocycles.